The summed E-state index contributed by atoms with van der Waals surface area (Å²) in [5.41, 5.74) is 1.19. The molecule has 0 aliphatic rings. The van der Waals surface area contributed by atoms with Crippen LogP contribution >= 0.6 is 0 Å². The van der Waals surface area contributed by atoms with E-state index in [9.17, 15) is 4.79 Å². The summed E-state index contributed by atoms with van der Waals surface area (Å²) in [6.45, 7) is 6.71. The minimum absolute atomic E-state index is 0.0385. The van der Waals surface area contributed by atoms with Crippen LogP contribution in [0.4, 0.5) is 0 Å². The summed E-state index contributed by atoms with van der Waals surface area (Å²) in [4.78, 5) is 13.9. The molecular weight excluding hydrogens is 254 g/mol. The molecule has 1 aromatic rings. The van der Waals surface area contributed by atoms with Crippen molar-refractivity contribution in [1.29, 1.82) is 0 Å². The minimum Gasteiger partial charge on any atom is -0.484 e. The van der Waals surface area contributed by atoms with Gasteiger partial charge in [-0.1, -0.05) is 19.1 Å². The Balaban J connectivity index is 2.55. The van der Waals surface area contributed by atoms with Crippen molar-refractivity contribution in [2.45, 2.75) is 39.7 Å². The van der Waals surface area contributed by atoms with Crippen LogP contribution in [0.1, 0.15) is 32.8 Å². The van der Waals surface area contributed by atoms with Crippen molar-refractivity contribution in [3.05, 3.63) is 29.8 Å². The van der Waals surface area contributed by atoms with Gasteiger partial charge >= 0.3 is 0 Å². The van der Waals surface area contributed by atoms with Crippen LogP contribution in [0.25, 0.3) is 0 Å². The van der Waals surface area contributed by atoms with Crippen molar-refractivity contribution in [2.24, 2.45) is 0 Å². The average Bonchev–Trinajstić information content (AvgIpc) is 2.45. The number of ether oxygens (including phenoxy) is 1. The van der Waals surface area contributed by atoms with Gasteiger partial charge in [-0.2, -0.15) is 0 Å². The molecule has 0 aliphatic carbocycles. The average molecular weight is 279 g/mol. The summed E-state index contributed by atoms with van der Waals surface area (Å²) in [5.74, 6) is 0.680. The van der Waals surface area contributed by atoms with Crippen molar-refractivity contribution in [1.82, 2.24) is 4.90 Å². The zero-order valence-corrected chi connectivity index (χ0v) is 12.6. The third-order valence-electron chi connectivity index (χ3n) is 3.17. The number of aliphatic hydroxyl groups is 1. The van der Waals surface area contributed by atoms with Crippen LogP contribution in [-0.2, 0) is 11.2 Å². The van der Waals surface area contributed by atoms with Crippen molar-refractivity contribution in [2.75, 3.05) is 19.8 Å². The molecule has 0 atom stereocenters. The molecule has 0 saturated heterocycles. The van der Waals surface area contributed by atoms with Crippen molar-refractivity contribution < 1.29 is 14.6 Å². The van der Waals surface area contributed by atoms with E-state index in [0.717, 1.165) is 12.2 Å². The predicted octanol–water partition coefficient (Wildman–Crippen LogP) is 2.25. The molecule has 20 heavy (non-hydrogen) atoms. The van der Waals surface area contributed by atoms with Crippen LogP contribution in [0.5, 0.6) is 5.75 Å². The van der Waals surface area contributed by atoms with Crippen LogP contribution in [0, 0.1) is 0 Å². The number of carbonyl (C=O) groups excluding carboxylic acids is 1. The van der Waals surface area contributed by atoms with Crippen LogP contribution in [0.15, 0.2) is 24.3 Å². The van der Waals surface area contributed by atoms with Gasteiger partial charge in [-0.15, -0.1) is 0 Å². The van der Waals surface area contributed by atoms with Crippen LogP contribution < -0.4 is 4.74 Å². The largest absolute Gasteiger partial charge is 0.484 e. The molecule has 4 heteroatoms. The first kappa shape index (κ1) is 16.5. The van der Waals surface area contributed by atoms with Gasteiger partial charge in [-0.25, -0.2) is 0 Å². The van der Waals surface area contributed by atoms with Gasteiger partial charge in [0.1, 0.15) is 5.75 Å². The number of amides is 1. The molecule has 0 unspecified atom stereocenters. The van der Waals surface area contributed by atoms with Crippen LogP contribution in [-0.4, -0.2) is 41.7 Å². The Morgan fingerprint density at radius 3 is 2.75 bits per heavy atom. The highest BCUT2D eigenvalue weighted by Gasteiger charge is 2.16. The first-order chi connectivity index (χ1) is 9.58. The molecule has 1 N–H and O–H groups in total. The lowest BCUT2D eigenvalue weighted by atomic mass is 10.2. The van der Waals surface area contributed by atoms with Gasteiger partial charge in [0.25, 0.3) is 5.91 Å². The van der Waals surface area contributed by atoms with E-state index in [1.54, 1.807) is 4.90 Å². The molecular formula is C16H25NO3. The van der Waals surface area contributed by atoms with E-state index < -0.39 is 0 Å². The first-order valence-electron chi connectivity index (χ1n) is 7.20. The van der Waals surface area contributed by atoms with Gasteiger partial charge in [0.2, 0.25) is 0 Å². The molecule has 0 fully saturated rings. The fourth-order valence-electron chi connectivity index (χ4n) is 2.00. The summed E-state index contributed by atoms with van der Waals surface area (Å²) in [6, 6.07) is 7.90. The van der Waals surface area contributed by atoms with E-state index in [-0.39, 0.29) is 25.2 Å². The number of hydrogen-bond acceptors (Lipinski definition) is 3. The van der Waals surface area contributed by atoms with E-state index in [4.69, 9.17) is 9.84 Å². The number of hydrogen-bond donors (Lipinski definition) is 1. The number of carbonyl (C=O) groups is 1. The highest BCUT2D eigenvalue weighted by atomic mass is 16.5. The van der Waals surface area contributed by atoms with Gasteiger partial charge in [0.05, 0.1) is 0 Å². The van der Waals surface area contributed by atoms with Gasteiger partial charge in [-0.05, 0) is 44.4 Å². The number of nitrogens with zero attached hydrogens (tertiary/aromatic N) is 1. The minimum atomic E-state index is -0.0460. The normalized spacial score (nSPS) is 10.7. The summed E-state index contributed by atoms with van der Waals surface area (Å²) in [6.07, 6.45) is 1.54. The van der Waals surface area contributed by atoms with Crippen LogP contribution in [0.3, 0.4) is 0 Å². The maximum absolute atomic E-state index is 12.1. The second kappa shape index (κ2) is 8.59. The topological polar surface area (TPSA) is 49.8 Å². The van der Waals surface area contributed by atoms with Gasteiger partial charge in [0, 0.05) is 19.2 Å². The number of aryl methyl sites for hydroxylation is 1. The molecule has 1 aromatic carbocycles. The molecule has 0 aromatic heterocycles. The molecule has 0 aliphatic heterocycles. The maximum Gasteiger partial charge on any atom is 0.260 e. The Morgan fingerprint density at radius 1 is 1.40 bits per heavy atom. The summed E-state index contributed by atoms with van der Waals surface area (Å²) >= 11 is 0. The number of aliphatic hydroxyl groups excluding tert-OH is 1. The Bertz CT molecular complexity index is 418. The second-order valence-electron chi connectivity index (χ2n) is 5.05. The fraction of sp³-hybridized carbons (Fsp3) is 0.562. The number of benzene rings is 1. The van der Waals surface area contributed by atoms with Crippen molar-refractivity contribution >= 4 is 5.91 Å². The number of rotatable bonds is 8. The Labute approximate surface area is 121 Å². The van der Waals surface area contributed by atoms with E-state index in [1.807, 2.05) is 38.1 Å². The molecule has 1 rings (SSSR count). The monoisotopic (exact) mass is 279 g/mol. The highest BCUT2D eigenvalue weighted by molar-refractivity contribution is 5.78. The molecule has 4 nitrogen and oxygen atoms in total. The molecule has 0 radical (unpaired) electrons. The zero-order valence-electron chi connectivity index (χ0n) is 12.6. The van der Waals surface area contributed by atoms with E-state index in [2.05, 4.69) is 6.92 Å². The third kappa shape index (κ3) is 5.21. The fourth-order valence-corrected chi connectivity index (χ4v) is 2.00. The van der Waals surface area contributed by atoms with E-state index in [0.29, 0.717) is 13.0 Å². The van der Waals surface area contributed by atoms with Gasteiger partial charge < -0.3 is 14.7 Å². The molecule has 0 heterocycles. The predicted molar refractivity (Wildman–Crippen MR) is 79.9 cm³/mol. The second-order valence-corrected chi connectivity index (χ2v) is 5.05. The van der Waals surface area contributed by atoms with Crippen molar-refractivity contribution in [3.8, 4) is 5.75 Å². The Kier molecular flexibility index (Phi) is 7.09. The Morgan fingerprint density at radius 2 is 2.15 bits per heavy atom. The molecule has 0 spiro atoms. The lowest BCUT2D eigenvalue weighted by Gasteiger charge is -2.26. The van der Waals surface area contributed by atoms with Crippen LogP contribution in [0.2, 0.25) is 0 Å². The molecule has 112 valence electrons. The molecule has 1 amide bonds. The van der Waals surface area contributed by atoms with Crippen molar-refractivity contribution in [3.63, 3.8) is 0 Å². The van der Waals surface area contributed by atoms with E-state index >= 15 is 0 Å². The summed E-state index contributed by atoms with van der Waals surface area (Å²) in [7, 11) is 0. The molecule has 0 bridgehead atoms. The zero-order chi connectivity index (χ0) is 15.0. The SMILES string of the molecule is CCc1cccc(OCC(=O)N(CCCO)C(C)C)c1. The lowest BCUT2D eigenvalue weighted by molar-refractivity contribution is -0.135. The van der Waals surface area contributed by atoms with Gasteiger partial charge in [-0.3, -0.25) is 4.79 Å². The quantitative estimate of drug-likeness (QED) is 0.794. The van der Waals surface area contributed by atoms with Gasteiger partial charge in [0.15, 0.2) is 6.61 Å². The highest BCUT2D eigenvalue weighted by Crippen LogP contribution is 2.14. The lowest BCUT2D eigenvalue weighted by Crippen LogP contribution is -2.40. The maximum atomic E-state index is 12.1. The van der Waals surface area contributed by atoms with E-state index in [1.165, 1.54) is 5.56 Å². The molecule has 0 saturated carbocycles. The smallest absolute Gasteiger partial charge is 0.260 e. The standard InChI is InChI=1S/C16H25NO3/c1-4-14-7-5-8-15(11-14)20-12-16(19)17(13(2)3)9-6-10-18/h5,7-8,11,13,18H,4,6,9-10,12H2,1-3H3. The Hall–Kier alpha value is -1.55. The third-order valence-corrected chi connectivity index (χ3v) is 3.17. The summed E-state index contributed by atoms with van der Waals surface area (Å²) in [5, 5.41) is 8.88. The summed E-state index contributed by atoms with van der Waals surface area (Å²) < 4.78 is 5.57. The first-order valence-corrected chi connectivity index (χ1v) is 7.20.